The number of halogens is 3. The lowest BCUT2D eigenvalue weighted by molar-refractivity contribution is -0.138. The maximum absolute atomic E-state index is 12.5. The van der Waals surface area contributed by atoms with E-state index in [2.05, 4.69) is 0 Å². The number of alkyl halides is 3. The van der Waals surface area contributed by atoms with Gasteiger partial charge in [-0.15, -0.1) is 11.8 Å². The van der Waals surface area contributed by atoms with Crippen molar-refractivity contribution in [1.82, 2.24) is 4.90 Å². The molecule has 104 valence electrons. The number of rotatable bonds is 3. The number of nitrogens with zero attached hydrogens (tertiary/aromatic N) is 1. The molecule has 1 amide bonds. The highest BCUT2D eigenvalue weighted by atomic mass is 32.2. The number of aliphatic hydroxyl groups excluding tert-OH is 1. The van der Waals surface area contributed by atoms with Gasteiger partial charge in [0.15, 0.2) is 0 Å². The first-order valence-electron chi connectivity index (χ1n) is 5.62. The lowest BCUT2D eigenvalue weighted by Crippen LogP contribution is -2.54. The number of carbonyl (C=O) groups excluding carboxylic acids is 1. The molecule has 1 aromatic rings. The van der Waals surface area contributed by atoms with Crippen molar-refractivity contribution in [2.75, 3.05) is 18.8 Å². The van der Waals surface area contributed by atoms with E-state index in [1.807, 2.05) is 0 Å². The quantitative estimate of drug-likeness (QED) is 0.866. The summed E-state index contributed by atoms with van der Waals surface area (Å²) in [6.07, 6.45) is -4.84. The smallest absolute Gasteiger partial charge is 0.389 e. The summed E-state index contributed by atoms with van der Waals surface area (Å²) in [5.41, 5.74) is -0.718. The Hall–Kier alpha value is -1.21. The highest BCUT2D eigenvalue weighted by Gasteiger charge is 2.31. The van der Waals surface area contributed by atoms with Gasteiger partial charge in [-0.05, 0) is 18.2 Å². The monoisotopic (exact) mass is 291 g/mol. The van der Waals surface area contributed by atoms with E-state index in [1.54, 1.807) is 0 Å². The van der Waals surface area contributed by atoms with Crippen LogP contribution in [0, 0.1) is 0 Å². The number of benzene rings is 1. The summed E-state index contributed by atoms with van der Waals surface area (Å²) in [6.45, 7) is 0.615. The molecule has 3 nitrogen and oxygen atoms in total. The van der Waals surface area contributed by atoms with Crippen LogP contribution in [0.3, 0.4) is 0 Å². The van der Waals surface area contributed by atoms with Gasteiger partial charge in [-0.1, -0.05) is 6.07 Å². The van der Waals surface area contributed by atoms with E-state index in [-0.39, 0.29) is 11.7 Å². The third-order valence-electron chi connectivity index (χ3n) is 2.74. The zero-order chi connectivity index (χ0) is 14.0. The average molecular weight is 291 g/mol. The number of aliphatic hydroxyl groups is 1. The van der Waals surface area contributed by atoms with Crippen molar-refractivity contribution in [3.63, 3.8) is 0 Å². The number of likely N-dealkylation sites (tertiary alicyclic amines) is 1. The number of hydrogen-bond acceptors (Lipinski definition) is 3. The van der Waals surface area contributed by atoms with Gasteiger partial charge in [0.2, 0.25) is 5.91 Å². The van der Waals surface area contributed by atoms with Crippen molar-refractivity contribution in [2.24, 2.45) is 0 Å². The molecule has 0 bridgehead atoms. The predicted octanol–water partition coefficient (Wildman–Crippen LogP) is 2.00. The summed E-state index contributed by atoms with van der Waals surface area (Å²) in [5, 5.41) is 9.05. The van der Waals surface area contributed by atoms with Crippen molar-refractivity contribution < 1.29 is 23.1 Å². The van der Waals surface area contributed by atoms with Crippen LogP contribution >= 0.6 is 11.8 Å². The first-order valence-corrected chi connectivity index (χ1v) is 6.61. The minimum Gasteiger partial charge on any atom is -0.389 e. The largest absolute Gasteiger partial charge is 0.416 e. The number of β-amino-alcohol motifs (C(OH)–C–C–N with tert-alkyl or cyclic N) is 1. The SMILES string of the molecule is O=C(CSc1cccc(C(F)(F)F)c1)N1CC(O)C1. The third kappa shape index (κ3) is 3.63. The molecule has 1 aliphatic rings. The second-order valence-corrected chi connectivity index (χ2v) is 5.32. The van der Waals surface area contributed by atoms with E-state index in [0.29, 0.717) is 18.0 Å². The Kier molecular flexibility index (Phi) is 4.05. The fourth-order valence-electron chi connectivity index (χ4n) is 1.66. The molecule has 7 heteroatoms. The summed E-state index contributed by atoms with van der Waals surface area (Å²) in [5.74, 6) is -0.0960. The zero-order valence-electron chi connectivity index (χ0n) is 9.85. The molecule has 1 fully saturated rings. The molecule has 19 heavy (non-hydrogen) atoms. The van der Waals surface area contributed by atoms with Crippen molar-refractivity contribution in [3.05, 3.63) is 29.8 Å². The summed E-state index contributed by atoms with van der Waals surface area (Å²) in [6, 6.07) is 4.89. The molecule has 0 aliphatic carbocycles. The maximum Gasteiger partial charge on any atom is 0.416 e. The van der Waals surface area contributed by atoms with Crippen molar-refractivity contribution in [3.8, 4) is 0 Å². The van der Waals surface area contributed by atoms with Crippen LogP contribution < -0.4 is 0 Å². The Labute approximate surface area is 112 Å². The highest BCUT2D eigenvalue weighted by Crippen LogP contribution is 2.32. The molecule has 2 rings (SSSR count). The molecule has 0 atom stereocenters. The van der Waals surface area contributed by atoms with Gasteiger partial charge in [0, 0.05) is 18.0 Å². The minimum absolute atomic E-state index is 0.0774. The summed E-state index contributed by atoms with van der Waals surface area (Å²) in [4.78, 5) is 13.5. The van der Waals surface area contributed by atoms with E-state index in [9.17, 15) is 18.0 Å². The van der Waals surface area contributed by atoms with Gasteiger partial charge in [-0.2, -0.15) is 13.2 Å². The van der Waals surface area contributed by atoms with Crippen molar-refractivity contribution in [2.45, 2.75) is 17.2 Å². The Morgan fingerprint density at radius 2 is 2.11 bits per heavy atom. The third-order valence-corrected chi connectivity index (χ3v) is 3.72. The van der Waals surface area contributed by atoms with Gasteiger partial charge in [0.05, 0.1) is 17.4 Å². The topological polar surface area (TPSA) is 40.5 Å². The van der Waals surface area contributed by atoms with E-state index >= 15 is 0 Å². The van der Waals surface area contributed by atoms with Gasteiger partial charge < -0.3 is 10.0 Å². The van der Waals surface area contributed by atoms with Crippen LogP contribution in [0.5, 0.6) is 0 Å². The Balaban J connectivity index is 1.91. The van der Waals surface area contributed by atoms with Crippen LogP contribution in [0.1, 0.15) is 5.56 Å². The Morgan fingerprint density at radius 3 is 2.68 bits per heavy atom. The van der Waals surface area contributed by atoms with Crippen molar-refractivity contribution >= 4 is 17.7 Å². The predicted molar refractivity (Wildman–Crippen MR) is 64.8 cm³/mol. The zero-order valence-corrected chi connectivity index (χ0v) is 10.7. The average Bonchev–Trinajstić information content (AvgIpc) is 2.31. The molecule has 0 unspecified atom stereocenters. The van der Waals surface area contributed by atoms with Gasteiger partial charge in [0.1, 0.15) is 0 Å². The minimum atomic E-state index is -4.37. The number of thioether (sulfide) groups is 1. The van der Waals surface area contributed by atoms with E-state index in [0.717, 1.165) is 23.9 Å². The first-order chi connectivity index (χ1) is 8.86. The Morgan fingerprint density at radius 1 is 1.42 bits per heavy atom. The van der Waals surface area contributed by atoms with Gasteiger partial charge in [-0.3, -0.25) is 4.79 Å². The molecular weight excluding hydrogens is 279 g/mol. The first kappa shape index (κ1) is 14.2. The molecule has 0 aromatic heterocycles. The summed E-state index contributed by atoms with van der Waals surface area (Å²) in [7, 11) is 0. The molecule has 1 aromatic carbocycles. The fraction of sp³-hybridized carbons (Fsp3) is 0.417. The molecule has 0 spiro atoms. The van der Waals surface area contributed by atoms with Gasteiger partial charge in [-0.25, -0.2) is 0 Å². The molecular formula is C12H12F3NO2S. The fourth-order valence-corrected chi connectivity index (χ4v) is 2.52. The molecule has 1 aliphatic heterocycles. The summed E-state index contributed by atoms with van der Waals surface area (Å²) >= 11 is 1.06. The van der Waals surface area contributed by atoms with Crippen LogP contribution in [-0.2, 0) is 11.0 Å². The van der Waals surface area contributed by atoms with E-state index in [4.69, 9.17) is 5.11 Å². The lowest BCUT2D eigenvalue weighted by Gasteiger charge is -2.35. The normalized spacial score (nSPS) is 16.3. The molecule has 0 radical (unpaired) electrons. The number of hydrogen-bond donors (Lipinski definition) is 1. The van der Waals surface area contributed by atoms with Crippen LogP contribution in [0.25, 0.3) is 0 Å². The molecule has 1 heterocycles. The maximum atomic E-state index is 12.5. The van der Waals surface area contributed by atoms with Crippen LogP contribution in [0.4, 0.5) is 13.2 Å². The van der Waals surface area contributed by atoms with Crippen LogP contribution in [0.15, 0.2) is 29.2 Å². The highest BCUT2D eigenvalue weighted by molar-refractivity contribution is 8.00. The molecule has 1 saturated heterocycles. The second-order valence-electron chi connectivity index (χ2n) is 4.27. The van der Waals surface area contributed by atoms with E-state index < -0.39 is 17.8 Å². The van der Waals surface area contributed by atoms with Crippen molar-refractivity contribution in [1.29, 1.82) is 0 Å². The van der Waals surface area contributed by atoms with Crippen LogP contribution in [-0.4, -0.2) is 40.9 Å². The Bertz CT molecular complexity index is 472. The number of carbonyl (C=O) groups is 1. The van der Waals surface area contributed by atoms with Gasteiger partial charge in [0.25, 0.3) is 0 Å². The second kappa shape index (κ2) is 5.42. The standard InChI is InChI=1S/C12H12F3NO2S/c13-12(14,15)8-2-1-3-10(4-8)19-7-11(18)16-5-9(17)6-16/h1-4,9,17H,5-7H2. The summed E-state index contributed by atoms with van der Waals surface area (Å²) < 4.78 is 37.5. The van der Waals surface area contributed by atoms with E-state index in [1.165, 1.54) is 17.0 Å². The molecule has 1 N–H and O–H groups in total. The number of amides is 1. The van der Waals surface area contributed by atoms with Gasteiger partial charge >= 0.3 is 6.18 Å². The molecule has 0 saturated carbocycles. The van der Waals surface area contributed by atoms with Crippen LogP contribution in [0.2, 0.25) is 0 Å². The lowest BCUT2D eigenvalue weighted by atomic mass is 10.2.